The van der Waals surface area contributed by atoms with E-state index in [0.717, 1.165) is 18.4 Å². The van der Waals surface area contributed by atoms with Crippen molar-refractivity contribution in [2.75, 3.05) is 19.0 Å². The number of para-hydroxylation sites is 1. The summed E-state index contributed by atoms with van der Waals surface area (Å²) in [6.45, 7) is 1.25. The predicted octanol–water partition coefficient (Wildman–Crippen LogP) is 2.92. The number of rotatable bonds is 6. The zero-order chi connectivity index (χ0) is 21.4. The Hall–Kier alpha value is -3.66. The summed E-state index contributed by atoms with van der Waals surface area (Å²) in [6.07, 6.45) is 1.73. The average molecular weight is 436 g/mol. The molecular formula is C21H20N6O3S. The Kier molecular flexibility index (Phi) is 4.91. The number of nitrogens with zero attached hydrogens (tertiary/aromatic N) is 4. The lowest BCUT2D eigenvalue weighted by Crippen LogP contribution is -2.17. The topological polar surface area (TPSA) is 117 Å². The first-order chi connectivity index (χ1) is 15.2. The average Bonchev–Trinajstić information content (AvgIpc) is 3.44. The molecule has 0 unspecified atom stereocenters. The second kappa shape index (κ2) is 7.88. The SMILES string of the molecule is COc1nc2c(C(N)=O)cccc2n1-c1nc(NCc2cccs2)c2c(n1)OCCC2. The van der Waals surface area contributed by atoms with E-state index in [-0.39, 0.29) is 6.01 Å². The van der Waals surface area contributed by atoms with Gasteiger partial charge in [0, 0.05) is 4.88 Å². The van der Waals surface area contributed by atoms with Gasteiger partial charge in [-0.05, 0) is 36.4 Å². The van der Waals surface area contributed by atoms with Gasteiger partial charge in [-0.2, -0.15) is 15.0 Å². The summed E-state index contributed by atoms with van der Waals surface area (Å²) >= 11 is 1.68. The van der Waals surface area contributed by atoms with E-state index in [1.54, 1.807) is 28.0 Å². The highest BCUT2D eigenvalue weighted by atomic mass is 32.1. The van der Waals surface area contributed by atoms with Crippen molar-refractivity contribution in [3.05, 3.63) is 51.7 Å². The summed E-state index contributed by atoms with van der Waals surface area (Å²) in [6, 6.07) is 9.53. The van der Waals surface area contributed by atoms with E-state index in [1.807, 2.05) is 17.5 Å². The number of hydrogen-bond donors (Lipinski definition) is 2. The van der Waals surface area contributed by atoms with Gasteiger partial charge in [0.1, 0.15) is 11.3 Å². The fourth-order valence-corrected chi connectivity index (χ4v) is 4.30. The Morgan fingerprint density at radius 3 is 2.97 bits per heavy atom. The van der Waals surface area contributed by atoms with E-state index < -0.39 is 5.91 Å². The lowest BCUT2D eigenvalue weighted by Gasteiger charge is -2.20. The maximum atomic E-state index is 11.9. The van der Waals surface area contributed by atoms with E-state index in [9.17, 15) is 4.79 Å². The molecule has 0 spiro atoms. The molecule has 4 heterocycles. The first-order valence-electron chi connectivity index (χ1n) is 9.81. The van der Waals surface area contributed by atoms with Crippen LogP contribution in [0.15, 0.2) is 35.7 Å². The Balaban J connectivity index is 1.66. The Morgan fingerprint density at radius 1 is 1.29 bits per heavy atom. The molecule has 0 radical (unpaired) electrons. The van der Waals surface area contributed by atoms with Gasteiger partial charge < -0.3 is 20.5 Å². The zero-order valence-electron chi connectivity index (χ0n) is 16.8. The van der Waals surface area contributed by atoms with Crippen LogP contribution in [0.2, 0.25) is 0 Å². The van der Waals surface area contributed by atoms with Gasteiger partial charge in [-0.15, -0.1) is 11.3 Å². The molecule has 5 rings (SSSR count). The maximum Gasteiger partial charge on any atom is 0.304 e. The smallest absolute Gasteiger partial charge is 0.304 e. The van der Waals surface area contributed by atoms with Crippen LogP contribution < -0.4 is 20.5 Å². The first kappa shape index (κ1) is 19.3. The van der Waals surface area contributed by atoms with E-state index in [0.29, 0.717) is 47.4 Å². The highest BCUT2D eigenvalue weighted by Crippen LogP contribution is 2.33. The molecule has 1 aliphatic rings. The van der Waals surface area contributed by atoms with E-state index in [4.69, 9.17) is 20.2 Å². The van der Waals surface area contributed by atoms with Crippen LogP contribution in [0.1, 0.15) is 27.2 Å². The molecule has 0 aliphatic carbocycles. The molecule has 10 heteroatoms. The zero-order valence-corrected chi connectivity index (χ0v) is 17.6. The van der Waals surface area contributed by atoms with Gasteiger partial charge >= 0.3 is 6.01 Å². The number of benzene rings is 1. The van der Waals surface area contributed by atoms with Gasteiger partial charge in [-0.25, -0.2) is 4.57 Å². The van der Waals surface area contributed by atoms with Crippen molar-refractivity contribution in [3.8, 4) is 17.8 Å². The number of nitrogens with two attached hydrogens (primary N) is 1. The lowest BCUT2D eigenvalue weighted by molar-refractivity contribution is 0.100. The third-order valence-electron chi connectivity index (χ3n) is 5.08. The first-order valence-corrected chi connectivity index (χ1v) is 10.7. The quantitative estimate of drug-likeness (QED) is 0.477. The van der Waals surface area contributed by atoms with Crippen LogP contribution in [0.3, 0.4) is 0 Å². The fraction of sp³-hybridized carbons (Fsp3) is 0.238. The fourth-order valence-electron chi connectivity index (χ4n) is 3.65. The highest BCUT2D eigenvalue weighted by Gasteiger charge is 2.24. The number of ether oxygens (including phenoxy) is 2. The van der Waals surface area contributed by atoms with Crippen molar-refractivity contribution in [3.63, 3.8) is 0 Å². The van der Waals surface area contributed by atoms with Crippen molar-refractivity contribution >= 4 is 34.1 Å². The maximum absolute atomic E-state index is 11.9. The van der Waals surface area contributed by atoms with Crippen molar-refractivity contribution < 1.29 is 14.3 Å². The van der Waals surface area contributed by atoms with Gasteiger partial charge in [-0.1, -0.05) is 12.1 Å². The van der Waals surface area contributed by atoms with Crippen molar-refractivity contribution in [2.45, 2.75) is 19.4 Å². The summed E-state index contributed by atoms with van der Waals surface area (Å²) in [5.41, 5.74) is 7.84. The molecule has 0 bridgehead atoms. The van der Waals surface area contributed by atoms with Crippen molar-refractivity contribution in [1.82, 2.24) is 19.5 Å². The summed E-state index contributed by atoms with van der Waals surface area (Å²) in [5.74, 6) is 1.03. The number of hydrogen-bond acceptors (Lipinski definition) is 8. The number of anilines is 1. The van der Waals surface area contributed by atoms with Gasteiger partial charge in [0.25, 0.3) is 5.91 Å². The van der Waals surface area contributed by atoms with E-state index in [1.165, 1.54) is 12.0 Å². The second-order valence-electron chi connectivity index (χ2n) is 7.01. The Labute approximate surface area is 181 Å². The molecule has 9 nitrogen and oxygen atoms in total. The van der Waals surface area contributed by atoms with E-state index in [2.05, 4.69) is 21.4 Å². The summed E-state index contributed by atoms with van der Waals surface area (Å²) in [5, 5.41) is 5.46. The minimum absolute atomic E-state index is 0.253. The van der Waals surface area contributed by atoms with Gasteiger partial charge in [0.15, 0.2) is 0 Å². The second-order valence-corrected chi connectivity index (χ2v) is 8.04. The number of nitrogens with one attached hydrogen (secondary N) is 1. The number of aromatic nitrogens is 4. The summed E-state index contributed by atoms with van der Waals surface area (Å²) < 4.78 is 13.0. The van der Waals surface area contributed by atoms with Gasteiger partial charge in [0.05, 0.1) is 36.9 Å². The molecule has 31 heavy (non-hydrogen) atoms. The third kappa shape index (κ3) is 3.44. The normalized spacial score (nSPS) is 12.9. The molecule has 158 valence electrons. The number of fused-ring (bicyclic) bond motifs is 2. The molecule has 3 N–H and O–H groups in total. The van der Waals surface area contributed by atoms with Crippen LogP contribution in [-0.2, 0) is 13.0 Å². The van der Waals surface area contributed by atoms with Crippen LogP contribution in [0.25, 0.3) is 17.0 Å². The molecular weight excluding hydrogens is 416 g/mol. The minimum atomic E-state index is -0.564. The predicted molar refractivity (Wildman–Crippen MR) is 117 cm³/mol. The third-order valence-corrected chi connectivity index (χ3v) is 5.96. The molecule has 4 aromatic rings. The molecule has 1 aliphatic heterocycles. The molecule has 0 saturated carbocycles. The molecule has 0 atom stereocenters. The monoisotopic (exact) mass is 436 g/mol. The molecule has 1 aromatic carbocycles. The largest absolute Gasteiger partial charge is 0.477 e. The van der Waals surface area contributed by atoms with Crippen molar-refractivity contribution in [2.24, 2.45) is 5.73 Å². The van der Waals surface area contributed by atoms with Crippen molar-refractivity contribution in [1.29, 1.82) is 0 Å². The molecule has 3 aromatic heterocycles. The lowest BCUT2D eigenvalue weighted by atomic mass is 10.1. The number of carbonyl (C=O) groups is 1. The highest BCUT2D eigenvalue weighted by molar-refractivity contribution is 7.09. The van der Waals surface area contributed by atoms with Gasteiger partial charge in [-0.3, -0.25) is 4.79 Å². The number of amides is 1. The molecule has 0 fully saturated rings. The van der Waals surface area contributed by atoms with E-state index >= 15 is 0 Å². The minimum Gasteiger partial charge on any atom is -0.477 e. The molecule has 0 saturated heterocycles. The number of imidazole rings is 1. The van der Waals surface area contributed by atoms with Crippen LogP contribution in [0.5, 0.6) is 11.9 Å². The number of thiophene rings is 1. The number of primary amides is 1. The standard InChI is InChI=1S/C21H20N6O3S/c1-29-21-24-16-13(17(22)28)6-2-8-15(16)27(21)20-25-18(23-11-12-5-4-10-31-12)14-7-3-9-30-19(14)26-20/h2,4-6,8,10H,3,7,9,11H2,1H3,(H2,22,28)(H,23,25,26). The van der Waals surface area contributed by atoms with Crippen LogP contribution >= 0.6 is 11.3 Å². The number of carbonyl (C=O) groups excluding carboxylic acids is 1. The Morgan fingerprint density at radius 2 is 2.19 bits per heavy atom. The van der Waals surface area contributed by atoms with Crippen LogP contribution in [0.4, 0.5) is 5.82 Å². The van der Waals surface area contributed by atoms with Crippen LogP contribution in [-0.4, -0.2) is 39.1 Å². The van der Waals surface area contributed by atoms with Crippen LogP contribution in [0, 0.1) is 0 Å². The summed E-state index contributed by atoms with van der Waals surface area (Å²) in [7, 11) is 1.51. The Bertz CT molecular complexity index is 1270. The summed E-state index contributed by atoms with van der Waals surface area (Å²) in [4.78, 5) is 27.0. The van der Waals surface area contributed by atoms with Gasteiger partial charge in [0.2, 0.25) is 11.8 Å². The molecule has 1 amide bonds. The number of methoxy groups -OCH3 is 1.